The molecule has 5 nitrogen and oxygen atoms in total. The zero-order chi connectivity index (χ0) is 9.26. The first kappa shape index (κ1) is 7.55. The first-order valence-electron chi connectivity index (χ1n) is 3.76. The molecular formula is C8H7N5. The maximum Gasteiger partial charge on any atom is 0.148 e. The monoisotopic (exact) mass is 173 g/mol. The van der Waals surface area contributed by atoms with Crippen molar-refractivity contribution in [3.8, 4) is 11.9 Å². The van der Waals surface area contributed by atoms with E-state index < -0.39 is 0 Å². The number of aryl methyl sites for hydroxylation is 1. The lowest BCUT2D eigenvalue weighted by Crippen LogP contribution is -1.96. The topological polar surface area (TPSA) is 70.3 Å². The van der Waals surface area contributed by atoms with Gasteiger partial charge in [0.2, 0.25) is 0 Å². The molecule has 2 rings (SSSR count). The van der Waals surface area contributed by atoms with Crippen molar-refractivity contribution in [2.45, 2.75) is 6.92 Å². The Balaban J connectivity index is 2.60. The number of nitriles is 1. The van der Waals surface area contributed by atoms with E-state index in [1.54, 1.807) is 30.1 Å². The summed E-state index contributed by atoms with van der Waals surface area (Å²) in [5, 5.41) is 15.4. The van der Waals surface area contributed by atoms with Crippen LogP contribution in [0.4, 0.5) is 0 Å². The summed E-state index contributed by atoms with van der Waals surface area (Å²) in [7, 11) is 0. The zero-order valence-corrected chi connectivity index (χ0v) is 7.02. The first-order chi connectivity index (χ1) is 6.33. The van der Waals surface area contributed by atoms with Crippen LogP contribution in [0, 0.1) is 18.3 Å². The van der Waals surface area contributed by atoms with Crippen molar-refractivity contribution in [3.05, 3.63) is 30.0 Å². The van der Waals surface area contributed by atoms with E-state index in [1.165, 1.54) is 0 Å². The number of hydrogen-bond acceptors (Lipinski definition) is 3. The highest BCUT2D eigenvalue weighted by atomic mass is 15.2. The SMILES string of the molecule is Cc1ncn(-c2ccn[nH]2)c1C#N. The first-order valence-corrected chi connectivity index (χ1v) is 3.76. The van der Waals surface area contributed by atoms with Gasteiger partial charge in [0.15, 0.2) is 0 Å². The molecule has 0 aliphatic carbocycles. The lowest BCUT2D eigenvalue weighted by atomic mass is 10.4. The normalized spacial score (nSPS) is 9.85. The van der Waals surface area contributed by atoms with E-state index >= 15 is 0 Å². The van der Waals surface area contributed by atoms with Gasteiger partial charge in [0.1, 0.15) is 23.9 Å². The molecule has 5 heteroatoms. The molecule has 2 heterocycles. The molecular weight excluding hydrogens is 166 g/mol. The van der Waals surface area contributed by atoms with Gasteiger partial charge in [-0.3, -0.25) is 9.67 Å². The quantitative estimate of drug-likeness (QED) is 0.692. The number of aromatic amines is 1. The molecule has 0 radical (unpaired) electrons. The van der Waals surface area contributed by atoms with Gasteiger partial charge in [-0.15, -0.1) is 0 Å². The molecule has 13 heavy (non-hydrogen) atoms. The Bertz CT molecular complexity index is 445. The summed E-state index contributed by atoms with van der Waals surface area (Å²) in [6.45, 7) is 1.80. The van der Waals surface area contributed by atoms with Crippen LogP contribution in [-0.4, -0.2) is 19.7 Å². The van der Waals surface area contributed by atoms with Gasteiger partial charge in [-0.05, 0) is 6.92 Å². The average Bonchev–Trinajstić information content (AvgIpc) is 2.71. The second-order valence-electron chi connectivity index (χ2n) is 2.60. The van der Waals surface area contributed by atoms with Crippen molar-refractivity contribution in [1.29, 1.82) is 5.26 Å². The molecule has 0 fully saturated rings. The number of H-pyrrole nitrogens is 1. The van der Waals surface area contributed by atoms with Gasteiger partial charge >= 0.3 is 0 Å². The molecule has 1 N–H and O–H groups in total. The fourth-order valence-electron chi connectivity index (χ4n) is 1.14. The third-order valence-electron chi connectivity index (χ3n) is 1.80. The summed E-state index contributed by atoms with van der Waals surface area (Å²) >= 11 is 0. The van der Waals surface area contributed by atoms with Gasteiger partial charge in [-0.1, -0.05) is 0 Å². The van der Waals surface area contributed by atoms with E-state index in [2.05, 4.69) is 21.3 Å². The highest BCUT2D eigenvalue weighted by Crippen LogP contribution is 2.10. The molecule has 0 saturated heterocycles. The maximum atomic E-state index is 8.84. The van der Waals surface area contributed by atoms with E-state index in [4.69, 9.17) is 5.26 Å². The fourth-order valence-corrected chi connectivity index (χ4v) is 1.14. The Kier molecular flexibility index (Phi) is 1.60. The Morgan fingerprint density at radius 1 is 1.62 bits per heavy atom. The summed E-state index contributed by atoms with van der Waals surface area (Å²) in [6.07, 6.45) is 3.23. The lowest BCUT2D eigenvalue weighted by molar-refractivity contribution is 0.943. The standard InChI is InChI=1S/C8H7N5/c1-6-7(4-9)13(5-10-6)8-2-3-11-12-8/h2-3,5H,1H3,(H,11,12). The van der Waals surface area contributed by atoms with Crippen molar-refractivity contribution in [2.75, 3.05) is 0 Å². The summed E-state index contributed by atoms with van der Waals surface area (Å²) < 4.78 is 1.67. The minimum absolute atomic E-state index is 0.532. The van der Waals surface area contributed by atoms with E-state index in [0.717, 1.165) is 11.5 Å². The average molecular weight is 173 g/mol. The smallest absolute Gasteiger partial charge is 0.148 e. The summed E-state index contributed by atoms with van der Waals surface area (Å²) in [4.78, 5) is 4.04. The number of nitrogens with one attached hydrogen (secondary N) is 1. The fraction of sp³-hybridized carbons (Fsp3) is 0.125. The second kappa shape index (κ2) is 2.75. The van der Waals surface area contributed by atoms with Crippen LogP contribution in [0.5, 0.6) is 0 Å². The largest absolute Gasteiger partial charge is 0.274 e. The number of nitrogens with zero attached hydrogens (tertiary/aromatic N) is 4. The van der Waals surface area contributed by atoms with Crippen LogP contribution in [-0.2, 0) is 0 Å². The summed E-state index contributed by atoms with van der Waals surface area (Å²) in [6, 6.07) is 3.86. The summed E-state index contributed by atoms with van der Waals surface area (Å²) in [5.74, 6) is 0.747. The second-order valence-corrected chi connectivity index (χ2v) is 2.60. The number of rotatable bonds is 1. The van der Waals surface area contributed by atoms with E-state index in [0.29, 0.717) is 5.69 Å². The Morgan fingerprint density at radius 2 is 2.46 bits per heavy atom. The van der Waals surface area contributed by atoms with Crippen molar-refractivity contribution in [2.24, 2.45) is 0 Å². The maximum absolute atomic E-state index is 8.84. The van der Waals surface area contributed by atoms with E-state index in [9.17, 15) is 0 Å². The third kappa shape index (κ3) is 1.08. The molecule has 2 aromatic rings. The van der Waals surface area contributed by atoms with Crippen LogP contribution in [0.15, 0.2) is 18.6 Å². The van der Waals surface area contributed by atoms with Crippen molar-refractivity contribution < 1.29 is 0 Å². The molecule has 0 spiro atoms. The van der Waals surface area contributed by atoms with Crippen molar-refractivity contribution in [3.63, 3.8) is 0 Å². The van der Waals surface area contributed by atoms with Crippen LogP contribution in [0.1, 0.15) is 11.4 Å². The Hall–Kier alpha value is -2.09. The van der Waals surface area contributed by atoms with Gasteiger partial charge < -0.3 is 0 Å². The molecule has 0 aliphatic heterocycles. The van der Waals surface area contributed by atoms with Crippen LogP contribution in [0.3, 0.4) is 0 Å². The predicted octanol–water partition coefficient (Wildman–Crippen LogP) is 0.775. The predicted molar refractivity (Wildman–Crippen MR) is 45.2 cm³/mol. The highest BCUT2D eigenvalue weighted by molar-refractivity contribution is 5.34. The molecule has 0 aliphatic rings. The molecule has 0 aromatic carbocycles. The molecule has 2 aromatic heterocycles. The molecule has 0 unspecified atom stereocenters. The minimum Gasteiger partial charge on any atom is -0.274 e. The zero-order valence-electron chi connectivity index (χ0n) is 7.02. The molecule has 0 saturated carbocycles. The third-order valence-corrected chi connectivity index (χ3v) is 1.80. The van der Waals surface area contributed by atoms with E-state index in [-0.39, 0.29) is 0 Å². The number of imidazole rings is 1. The van der Waals surface area contributed by atoms with Gasteiger partial charge in [0.05, 0.1) is 11.9 Å². The van der Waals surface area contributed by atoms with Gasteiger partial charge in [0, 0.05) is 6.07 Å². The van der Waals surface area contributed by atoms with Gasteiger partial charge in [-0.2, -0.15) is 10.4 Å². The molecule has 64 valence electrons. The Morgan fingerprint density at radius 3 is 3.08 bits per heavy atom. The highest BCUT2D eigenvalue weighted by Gasteiger charge is 2.07. The van der Waals surface area contributed by atoms with Crippen LogP contribution >= 0.6 is 0 Å². The van der Waals surface area contributed by atoms with Crippen LogP contribution < -0.4 is 0 Å². The van der Waals surface area contributed by atoms with E-state index in [1.807, 2.05) is 0 Å². The van der Waals surface area contributed by atoms with Crippen molar-refractivity contribution >= 4 is 0 Å². The van der Waals surface area contributed by atoms with Crippen molar-refractivity contribution in [1.82, 2.24) is 19.7 Å². The van der Waals surface area contributed by atoms with Gasteiger partial charge in [-0.25, -0.2) is 4.98 Å². The van der Waals surface area contributed by atoms with Gasteiger partial charge in [0.25, 0.3) is 0 Å². The minimum atomic E-state index is 0.532. The van der Waals surface area contributed by atoms with Crippen LogP contribution in [0.2, 0.25) is 0 Å². The molecule has 0 amide bonds. The van der Waals surface area contributed by atoms with Crippen LogP contribution in [0.25, 0.3) is 5.82 Å². The molecule has 0 atom stereocenters. The summed E-state index contributed by atoms with van der Waals surface area (Å²) in [5.41, 5.74) is 1.25. The lowest BCUT2D eigenvalue weighted by Gasteiger charge is -1.97. The number of aromatic nitrogens is 4. The Labute approximate surface area is 74.6 Å². The number of hydrogen-bond donors (Lipinski definition) is 1. The molecule has 0 bridgehead atoms.